The molecule has 0 radical (unpaired) electrons. The predicted molar refractivity (Wildman–Crippen MR) is 76.0 cm³/mol. The van der Waals surface area contributed by atoms with E-state index in [-0.39, 0.29) is 18.0 Å². The van der Waals surface area contributed by atoms with Crippen LogP contribution in [-0.4, -0.2) is 26.3 Å². The van der Waals surface area contributed by atoms with Crippen LogP contribution < -0.4 is 10.6 Å². The molecule has 1 fully saturated rings. The van der Waals surface area contributed by atoms with Gasteiger partial charge in [-0.25, -0.2) is 4.39 Å². The lowest BCUT2D eigenvalue weighted by Crippen LogP contribution is -2.30. The molecule has 3 nitrogen and oxygen atoms in total. The normalized spacial score (nSPS) is 20.6. The van der Waals surface area contributed by atoms with Gasteiger partial charge in [0.25, 0.3) is 0 Å². The first-order valence-corrected chi connectivity index (χ1v) is 6.87. The molecular weight excluding hydrogens is 243 g/mol. The van der Waals surface area contributed by atoms with E-state index in [9.17, 15) is 4.39 Å². The molecule has 2 unspecified atom stereocenters. The molecule has 2 N–H and O–H groups in total. The van der Waals surface area contributed by atoms with Gasteiger partial charge in [0.1, 0.15) is 5.82 Å². The molecule has 1 aliphatic rings. The van der Waals surface area contributed by atoms with Crippen molar-refractivity contribution >= 4 is 5.69 Å². The lowest BCUT2D eigenvalue weighted by molar-refractivity contribution is 0.116. The van der Waals surface area contributed by atoms with Gasteiger partial charge in [-0.3, -0.25) is 0 Å². The molecule has 1 aromatic rings. The maximum Gasteiger partial charge on any atom is 0.126 e. The fraction of sp³-hybridized carbons (Fsp3) is 0.600. The van der Waals surface area contributed by atoms with Gasteiger partial charge in [0.2, 0.25) is 0 Å². The van der Waals surface area contributed by atoms with E-state index in [0.29, 0.717) is 5.56 Å². The Hall–Kier alpha value is -1.13. The Bertz CT molecular complexity index is 442. The number of nitrogens with two attached hydrogens (primary N) is 1. The van der Waals surface area contributed by atoms with Crippen LogP contribution >= 0.6 is 0 Å². The zero-order chi connectivity index (χ0) is 14.0. The van der Waals surface area contributed by atoms with Gasteiger partial charge in [0.05, 0.1) is 6.10 Å². The van der Waals surface area contributed by atoms with Gasteiger partial charge in [0, 0.05) is 31.9 Å². The number of anilines is 1. The van der Waals surface area contributed by atoms with Gasteiger partial charge in [-0.1, -0.05) is 0 Å². The summed E-state index contributed by atoms with van der Waals surface area (Å²) in [6.07, 6.45) is 2.50. The zero-order valence-corrected chi connectivity index (χ0v) is 11.9. The van der Waals surface area contributed by atoms with Crippen molar-refractivity contribution in [2.24, 2.45) is 5.73 Å². The van der Waals surface area contributed by atoms with Crippen molar-refractivity contribution in [1.29, 1.82) is 0 Å². The molecule has 0 spiro atoms. The third-order valence-electron chi connectivity index (χ3n) is 3.71. The van der Waals surface area contributed by atoms with Gasteiger partial charge in [-0.2, -0.15) is 0 Å². The third-order valence-corrected chi connectivity index (χ3v) is 3.71. The van der Waals surface area contributed by atoms with Gasteiger partial charge in [-0.05, 0) is 49.9 Å². The average Bonchev–Trinajstić information content (AvgIpc) is 2.84. The number of likely N-dealkylation sites (N-methyl/N-ethyl adjacent to an activating group) is 1. The summed E-state index contributed by atoms with van der Waals surface area (Å²) < 4.78 is 19.3. The Balaban J connectivity index is 2.23. The quantitative estimate of drug-likeness (QED) is 0.910. The molecule has 1 aliphatic heterocycles. The van der Waals surface area contributed by atoms with Crippen LogP contribution in [0.3, 0.4) is 0 Å². The minimum Gasteiger partial charge on any atom is -0.376 e. The lowest BCUT2D eigenvalue weighted by atomic mass is 10.0. The van der Waals surface area contributed by atoms with E-state index in [1.54, 1.807) is 13.0 Å². The number of nitrogens with zero attached hydrogens (tertiary/aromatic N) is 1. The molecule has 106 valence electrons. The topological polar surface area (TPSA) is 38.5 Å². The zero-order valence-electron chi connectivity index (χ0n) is 11.9. The maximum absolute atomic E-state index is 13.7. The minimum atomic E-state index is -0.193. The van der Waals surface area contributed by atoms with E-state index >= 15 is 0 Å². The monoisotopic (exact) mass is 266 g/mol. The standard InChI is InChI=1S/C15H23FN2O/c1-10-7-15(13(11(2)17)8-14(10)16)18(3)9-12-5-4-6-19-12/h7-8,11-12H,4-6,9,17H2,1-3H3. The highest BCUT2D eigenvalue weighted by Gasteiger charge is 2.20. The molecule has 0 aliphatic carbocycles. The third kappa shape index (κ3) is 3.25. The molecule has 1 saturated heterocycles. The van der Waals surface area contributed by atoms with E-state index < -0.39 is 0 Å². The lowest BCUT2D eigenvalue weighted by Gasteiger charge is -2.27. The molecule has 0 bridgehead atoms. The summed E-state index contributed by atoms with van der Waals surface area (Å²) in [4.78, 5) is 2.13. The Kier molecular flexibility index (Phi) is 4.42. The van der Waals surface area contributed by atoms with Gasteiger partial charge in [-0.15, -0.1) is 0 Å². The maximum atomic E-state index is 13.7. The second-order valence-electron chi connectivity index (χ2n) is 5.46. The van der Waals surface area contributed by atoms with Crippen LogP contribution in [0.25, 0.3) is 0 Å². The SMILES string of the molecule is Cc1cc(N(C)CC2CCCO2)c(C(C)N)cc1F. The number of hydrogen-bond acceptors (Lipinski definition) is 3. The summed E-state index contributed by atoms with van der Waals surface area (Å²) >= 11 is 0. The summed E-state index contributed by atoms with van der Waals surface area (Å²) in [7, 11) is 2.01. The van der Waals surface area contributed by atoms with E-state index in [0.717, 1.165) is 37.2 Å². The van der Waals surface area contributed by atoms with Crippen molar-refractivity contribution in [3.05, 3.63) is 29.1 Å². The first-order valence-electron chi connectivity index (χ1n) is 6.87. The van der Waals surface area contributed by atoms with Crippen molar-refractivity contribution < 1.29 is 9.13 Å². The molecule has 19 heavy (non-hydrogen) atoms. The highest BCUT2D eigenvalue weighted by atomic mass is 19.1. The van der Waals surface area contributed by atoms with Crippen LogP contribution in [0.5, 0.6) is 0 Å². The predicted octanol–water partition coefficient (Wildman–Crippen LogP) is 2.77. The fourth-order valence-corrected chi connectivity index (χ4v) is 2.57. The van der Waals surface area contributed by atoms with Crippen LogP contribution in [0.15, 0.2) is 12.1 Å². The van der Waals surface area contributed by atoms with E-state index in [4.69, 9.17) is 10.5 Å². The number of benzene rings is 1. The minimum absolute atomic E-state index is 0.183. The Morgan fingerprint density at radius 1 is 1.53 bits per heavy atom. The summed E-state index contributed by atoms with van der Waals surface area (Å²) in [5, 5.41) is 0. The van der Waals surface area contributed by atoms with Crippen molar-refractivity contribution in [3.63, 3.8) is 0 Å². The van der Waals surface area contributed by atoms with Crippen LogP contribution in [0.2, 0.25) is 0 Å². The number of rotatable bonds is 4. The highest BCUT2D eigenvalue weighted by molar-refractivity contribution is 5.56. The smallest absolute Gasteiger partial charge is 0.126 e. The summed E-state index contributed by atoms with van der Waals surface area (Å²) in [5.74, 6) is -0.193. The number of aryl methyl sites for hydroxylation is 1. The largest absolute Gasteiger partial charge is 0.376 e. The van der Waals surface area contributed by atoms with Crippen molar-refractivity contribution in [3.8, 4) is 0 Å². The summed E-state index contributed by atoms with van der Waals surface area (Å²) in [5.41, 5.74) is 8.46. The van der Waals surface area contributed by atoms with Gasteiger partial charge in [0.15, 0.2) is 0 Å². The van der Waals surface area contributed by atoms with Crippen LogP contribution in [0.4, 0.5) is 10.1 Å². The molecule has 0 amide bonds. The van der Waals surface area contributed by atoms with E-state index in [2.05, 4.69) is 4.90 Å². The van der Waals surface area contributed by atoms with Gasteiger partial charge < -0.3 is 15.4 Å². The molecule has 4 heteroatoms. The molecular formula is C15H23FN2O. The van der Waals surface area contributed by atoms with Crippen LogP contribution in [-0.2, 0) is 4.74 Å². The molecule has 2 rings (SSSR count). The number of halogens is 1. The van der Waals surface area contributed by atoms with Crippen molar-refractivity contribution in [1.82, 2.24) is 0 Å². The second kappa shape index (κ2) is 5.88. The van der Waals surface area contributed by atoms with Crippen LogP contribution in [0, 0.1) is 12.7 Å². The molecule has 0 aromatic heterocycles. The van der Waals surface area contributed by atoms with Gasteiger partial charge >= 0.3 is 0 Å². The Labute approximate surface area is 114 Å². The molecule has 1 heterocycles. The van der Waals surface area contributed by atoms with Crippen LogP contribution in [0.1, 0.15) is 36.9 Å². The van der Waals surface area contributed by atoms with E-state index in [1.165, 1.54) is 0 Å². The fourth-order valence-electron chi connectivity index (χ4n) is 2.57. The van der Waals surface area contributed by atoms with Crippen molar-refractivity contribution in [2.75, 3.05) is 25.1 Å². The number of hydrogen-bond donors (Lipinski definition) is 1. The number of ether oxygens (including phenoxy) is 1. The first kappa shape index (κ1) is 14.3. The Morgan fingerprint density at radius 3 is 2.84 bits per heavy atom. The summed E-state index contributed by atoms with van der Waals surface area (Å²) in [6.45, 7) is 5.34. The molecule has 1 aromatic carbocycles. The Morgan fingerprint density at radius 2 is 2.26 bits per heavy atom. The first-order chi connectivity index (χ1) is 8.99. The average molecular weight is 266 g/mol. The second-order valence-corrected chi connectivity index (χ2v) is 5.46. The van der Waals surface area contributed by atoms with E-state index in [1.807, 2.05) is 20.0 Å². The highest BCUT2D eigenvalue weighted by Crippen LogP contribution is 2.28. The molecule has 2 atom stereocenters. The summed E-state index contributed by atoms with van der Waals surface area (Å²) in [6, 6.07) is 3.25. The molecule has 0 saturated carbocycles. The van der Waals surface area contributed by atoms with Crippen molar-refractivity contribution in [2.45, 2.75) is 38.8 Å².